The molecule has 0 spiro atoms. The first kappa shape index (κ1) is 23.7. The third-order valence-electron chi connectivity index (χ3n) is 8.28. The number of rotatable bonds is 1. The first-order chi connectivity index (χ1) is 15.9. The third kappa shape index (κ3) is 4.37. The van der Waals surface area contributed by atoms with Crippen LogP contribution in [0.25, 0.3) is 0 Å². The fourth-order valence-electron chi connectivity index (χ4n) is 6.85. The van der Waals surface area contributed by atoms with Crippen LogP contribution in [-0.4, -0.2) is 34.9 Å². The van der Waals surface area contributed by atoms with Gasteiger partial charge in [0, 0.05) is 24.5 Å². The van der Waals surface area contributed by atoms with E-state index in [4.69, 9.17) is 10.5 Å². The van der Waals surface area contributed by atoms with Crippen molar-refractivity contribution >= 4 is 12.0 Å². The molecule has 4 heteroatoms. The minimum absolute atomic E-state index is 0.0379. The van der Waals surface area contributed by atoms with Gasteiger partial charge in [-0.2, -0.15) is 0 Å². The van der Waals surface area contributed by atoms with Gasteiger partial charge in [0.2, 0.25) is 0 Å². The molecule has 3 N–H and O–H groups in total. The monoisotopic (exact) mass is 445 g/mol. The van der Waals surface area contributed by atoms with E-state index in [2.05, 4.69) is 43.0 Å². The first-order valence-electron chi connectivity index (χ1n) is 12.3. The van der Waals surface area contributed by atoms with Crippen LogP contribution in [0.2, 0.25) is 0 Å². The highest BCUT2D eigenvalue weighted by molar-refractivity contribution is 5.93. The maximum Gasteiger partial charge on any atom is 0.156 e. The summed E-state index contributed by atoms with van der Waals surface area (Å²) in [6.45, 7) is 4.24. The average molecular weight is 446 g/mol. The Bertz CT molecular complexity index is 1040. The van der Waals surface area contributed by atoms with Crippen LogP contribution in [0, 0.1) is 34.5 Å². The molecule has 0 aliphatic heterocycles. The summed E-state index contributed by atoms with van der Waals surface area (Å²) in [5.41, 5.74) is 6.47. The second kappa shape index (κ2) is 9.79. The minimum Gasteiger partial charge on any atom is -0.397 e. The van der Waals surface area contributed by atoms with E-state index < -0.39 is 0 Å². The largest absolute Gasteiger partial charge is 0.397 e. The highest BCUT2D eigenvalue weighted by Gasteiger charge is 2.56. The topological polar surface area (TPSA) is 81.4 Å². The maximum absolute atomic E-state index is 12.1. The van der Waals surface area contributed by atoms with E-state index in [0.29, 0.717) is 24.2 Å². The Labute approximate surface area is 197 Å². The highest BCUT2D eigenvalue weighted by Crippen LogP contribution is 2.63. The molecule has 33 heavy (non-hydrogen) atoms. The number of hydrogen-bond donors (Lipinski definition) is 3. The normalized spacial score (nSPS) is 32.2. The van der Waals surface area contributed by atoms with Crippen molar-refractivity contribution in [3.05, 3.63) is 58.2 Å². The fourth-order valence-corrected chi connectivity index (χ4v) is 6.85. The highest BCUT2D eigenvalue weighted by atomic mass is 16.3. The van der Waals surface area contributed by atoms with E-state index in [9.17, 15) is 9.90 Å². The van der Waals surface area contributed by atoms with Gasteiger partial charge in [-0.1, -0.05) is 36.5 Å². The van der Waals surface area contributed by atoms with Crippen molar-refractivity contribution in [3.63, 3.8) is 0 Å². The molecule has 4 aliphatic carbocycles. The quantitative estimate of drug-likeness (QED) is 0.423. The predicted octanol–water partition coefficient (Wildman–Crippen LogP) is 4.95. The van der Waals surface area contributed by atoms with Crippen molar-refractivity contribution in [3.8, 4) is 11.8 Å². The number of nitrogens with one attached hydrogen (secondary N) is 1. The molecule has 174 valence electrons. The molecule has 0 heterocycles. The molecule has 2 fully saturated rings. The average Bonchev–Trinajstić information content (AvgIpc) is 3.12. The van der Waals surface area contributed by atoms with Crippen LogP contribution in [0.15, 0.2) is 47.1 Å². The van der Waals surface area contributed by atoms with Crippen LogP contribution >= 0.6 is 0 Å². The first-order valence-corrected chi connectivity index (χ1v) is 12.3. The Hall–Kier alpha value is -2.48. The van der Waals surface area contributed by atoms with Crippen molar-refractivity contribution < 1.29 is 15.0 Å². The fraction of sp³-hybridized carbons (Fsp3) is 0.517. The second-order valence-electron chi connectivity index (χ2n) is 10.0. The van der Waals surface area contributed by atoms with Gasteiger partial charge in [-0.15, -0.1) is 0 Å². The van der Waals surface area contributed by atoms with Crippen molar-refractivity contribution in [2.45, 2.75) is 70.8 Å². The van der Waals surface area contributed by atoms with Crippen LogP contribution < -0.4 is 0 Å². The summed E-state index contributed by atoms with van der Waals surface area (Å²) in [5, 5.41) is 25.6. The van der Waals surface area contributed by atoms with Crippen molar-refractivity contribution in [2.75, 3.05) is 6.61 Å². The number of hydrogen-bond acceptors (Lipinski definition) is 4. The smallest absolute Gasteiger partial charge is 0.156 e. The van der Waals surface area contributed by atoms with E-state index in [1.54, 1.807) is 12.5 Å². The number of aliphatic hydroxyl groups excluding tert-OH is 2. The van der Waals surface area contributed by atoms with Crippen molar-refractivity contribution in [1.29, 1.82) is 5.41 Å². The number of fused-ring (bicyclic) bond motifs is 4. The molecule has 4 nitrogen and oxygen atoms in total. The zero-order valence-electron chi connectivity index (χ0n) is 19.7. The van der Waals surface area contributed by atoms with E-state index in [-0.39, 0.29) is 23.9 Å². The number of allylic oxidation sites excluding steroid dienone is 4. The number of carbonyl (C=O) groups is 1. The molecule has 2 saturated carbocycles. The van der Waals surface area contributed by atoms with Gasteiger partial charge in [-0.3, -0.25) is 10.2 Å². The molecule has 0 bridgehead atoms. The standard InChI is InChI=1S/C27H29NO2.C2H6O/c1-27-16-23(18-6-4-17(5-7-18)3-2-14-28)26-21-11-9-20(29)15-19(21)8-10-22(26)24(27)12-13-25(27)30;1-2-3/h4-7,14-15,22-25,28,30H,8-13,16H2,1H3;3H,2H2,1H3. The van der Waals surface area contributed by atoms with Gasteiger partial charge in [0.05, 0.1) is 12.3 Å². The maximum atomic E-state index is 12.1. The molecule has 1 aromatic carbocycles. The third-order valence-corrected chi connectivity index (χ3v) is 8.28. The zero-order valence-corrected chi connectivity index (χ0v) is 19.7. The van der Waals surface area contributed by atoms with E-state index in [1.807, 2.05) is 6.08 Å². The van der Waals surface area contributed by atoms with Crippen LogP contribution in [-0.2, 0) is 4.79 Å². The summed E-state index contributed by atoms with van der Waals surface area (Å²) >= 11 is 0. The van der Waals surface area contributed by atoms with Gasteiger partial charge in [0.1, 0.15) is 0 Å². The summed E-state index contributed by atoms with van der Waals surface area (Å²) in [6, 6.07) is 8.46. The van der Waals surface area contributed by atoms with Gasteiger partial charge in [0.15, 0.2) is 5.78 Å². The Morgan fingerprint density at radius 2 is 1.88 bits per heavy atom. The lowest BCUT2D eigenvalue weighted by atomic mass is 9.53. The molecule has 5 unspecified atom stereocenters. The molecule has 5 rings (SSSR count). The molecule has 0 saturated heterocycles. The number of carbonyl (C=O) groups excluding carboxylic acids is 1. The molecule has 0 aromatic heterocycles. The van der Waals surface area contributed by atoms with Crippen LogP contribution in [0.1, 0.15) is 75.8 Å². The molecule has 1 aromatic rings. The Morgan fingerprint density at radius 3 is 2.58 bits per heavy atom. The molecule has 0 radical (unpaired) electrons. The van der Waals surface area contributed by atoms with Gasteiger partial charge >= 0.3 is 0 Å². The zero-order chi connectivity index (χ0) is 23.6. The molecule has 0 amide bonds. The molecular formula is C29H35NO3. The minimum atomic E-state index is -0.223. The number of ketones is 1. The van der Waals surface area contributed by atoms with Crippen LogP contribution in [0.4, 0.5) is 0 Å². The lowest BCUT2D eigenvalue weighted by Gasteiger charge is -2.52. The molecule has 4 aliphatic rings. The van der Waals surface area contributed by atoms with E-state index in [0.717, 1.165) is 50.3 Å². The summed E-state index contributed by atoms with van der Waals surface area (Å²) in [7, 11) is 0. The Balaban J connectivity index is 0.000000821. The lowest BCUT2D eigenvalue weighted by molar-refractivity contribution is -0.114. The number of aliphatic hydroxyl groups is 2. The number of benzene rings is 1. The van der Waals surface area contributed by atoms with Gasteiger partial charge in [-0.05, 0) is 97.6 Å². The molecular weight excluding hydrogens is 410 g/mol. The van der Waals surface area contributed by atoms with E-state index >= 15 is 0 Å². The molecule has 5 atom stereocenters. The van der Waals surface area contributed by atoms with Crippen LogP contribution in [0.3, 0.4) is 0 Å². The van der Waals surface area contributed by atoms with Gasteiger partial charge < -0.3 is 10.2 Å². The Morgan fingerprint density at radius 1 is 1.15 bits per heavy atom. The van der Waals surface area contributed by atoms with Crippen LogP contribution in [0.5, 0.6) is 0 Å². The van der Waals surface area contributed by atoms with Gasteiger partial charge in [0.25, 0.3) is 0 Å². The van der Waals surface area contributed by atoms with E-state index in [1.165, 1.54) is 16.7 Å². The SMILES string of the molecule is CC12CC(c3ccc(C#CC=N)cc3)C3=C4CCC(=O)C=C4CCC3C1CCC2O.CCO. The summed E-state index contributed by atoms with van der Waals surface area (Å²) in [4.78, 5) is 12.1. The summed E-state index contributed by atoms with van der Waals surface area (Å²) in [6.07, 6.45) is 9.41. The second-order valence-corrected chi connectivity index (χ2v) is 10.0. The van der Waals surface area contributed by atoms with Crippen molar-refractivity contribution in [1.82, 2.24) is 0 Å². The van der Waals surface area contributed by atoms with Gasteiger partial charge in [-0.25, -0.2) is 0 Å². The van der Waals surface area contributed by atoms with Crippen molar-refractivity contribution in [2.24, 2.45) is 17.3 Å². The summed E-state index contributed by atoms with van der Waals surface area (Å²) in [5.74, 6) is 7.32. The lowest BCUT2D eigenvalue weighted by Crippen LogP contribution is -2.45. The Kier molecular flexibility index (Phi) is 7.02. The summed E-state index contributed by atoms with van der Waals surface area (Å²) < 4.78 is 0. The predicted molar refractivity (Wildman–Crippen MR) is 131 cm³/mol.